The van der Waals surface area contributed by atoms with E-state index in [4.69, 9.17) is 21.1 Å². The number of hydrogen-bond acceptors (Lipinski definition) is 3. The van der Waals surface area contributed by atoms with E-state index in [9.17, 15) is 4.79 Å². The van der Waals surface area contributed by atoms with Crippen molar-refractivity contribution < 1.29 is 14.3 Å². The Bertz CT molecular complexity index is 232. The molecule has 0 spiro atoms. The average Bonchev–Trinajstić information content (AvgIpc) is 2.39. The molecule has 0 N–H and O–H groups in total. The average molecular weight is 264 g/mol. The van der Waals surface area contributed by atoms with E-state index in [2.05, 4.69) is 0 Å². The van der Waals surface area contributed by atoms with E-state index in [1.807, 2.05) is 11.8 Å². The number of amides is 1. The van der Waals surface area contributed by atoms with Crippen molar-refractivity contribution in [2.75, 3.05) is 33.5 Å². The minimum atomic E-state index is -0.422. The highest BCUT2D eigenvalue weighted by Crippen LogP contribution is 2.17. The van der Waals surface area contributed by atoms with Crippen molar-refractivity contribution in [1.82, 2.24) is 4.90 Å². The number of ether oxygens (including phenoxy) is 2. The van der Waals surface area contributed by atoms with Gasteiger partial charge in [0.15, 0.2) is 0 Å². The number of carbonyl (C=O) groups excluding carboxylic acids is 1. The second-order valence-electron chi connectivity index (χ2n) is 4.24. The molecule has 0 aliphatic carbocycles. The number of carbonyl (C=O) groups is 1. The third-order valence-electron chi connectivity index (χ3n) is 3.08. The van der Waals surface area contributed by atoms with Crippen LogP contribution in [0.1, 0.15) is 26.2 Å². The predicted molar refractivity (Wildman–Crippen MR) is 67.4 cm³/mol. The van der Waals surface area contributed by atoms with Crippen molar-refractivity contribution in [2.45, 2.75) is 37.6 Å². The Balaban J connectivity index is 2.60. The van der Waals surface area contributed by atoms with Gasteiger partial charge in [-0.2, -0.15) is 0 Å². The van der Waals surface area contributed by atoms with Gasteiger partial charge in [-0.3, -0.25) is 4.79 Å². The van der Waals surface area contributed by atoms with Crippen LogP contribution in [0.2, 0.25) is 0 Å². The first kappa shape index (κ1) is 14.7. The minimum absolute atomic E-state index is 0.0260. The molecule has 1 unspecified atom stereocenters. The Hall–Kier alpha value is -0.320. The molecule has 1 rings (SSSR count). The van der Waals surface area contributed by atoms with Gasteiger partial charge in [-0.15, -0.1) is 11.6 Å². The van der Waals surface area contributed by atoms with Gasteiger partial charge in [0.05, 0.1) is 6.61 Å². The highest BCUT2D eigenvalue weighted by Gasteiger charge is 2.28. The van der Waals surface area contributed by atoms with E-state index in [1.54, 1.807) is 7.11 Å². The van der Waals surface area contributed by atoms with Gasteiger partial charge in [0.25, 0.3) is 0 Å². The number of alkyl halides is 1. The zero-order chi connectivity index (χ0) is 12.7. The lowest BCUT2D eigenvalue weighted by Gasteiger charge is -2.35. The standard InChI is InChI=1S/C12H22ClNO3/c1-3-11(13)12(15)14(6-9-16-2)10-4-7-17-8-5-10/h10-11H,3-9H2,1-2H3. The maximum Gasteiger partial charge on any atom is 0.240 e. The molecule has 0 aromatic carbocycles. The van der Waals surface area contributed by atoms with Gasteiger partial charge >= 0.3 is 0 Å². The van der Waals surface area contributed by atoms with E-state index in [0.29, 0.717) is 19.6 Å². The predicted octanol–water partition coefficient (Wildman–Crippen LogP) is 1.66. The molecule has 1 heterocycles. The Morgan fingerprint density at radius 3 is 2.71 bits per heavy atom. The van der Waals surface area contributed by atoms with E-state index in [0.717, 1.165) is 26.1 Å². The molecule has 1 atom stereocenters. The minimum Gasteiger partial charge on any atom is -0.383 e. The van der Waals surface area contributed by atoms with Crippen LogP contribution in [-0.2, 0) is 14.3 Å². The second-order valence-corrected chi connectivity index (χ2v) is 4.77. The first-order chi connectivity index (χ1) is 8.20. The lowest BCUT2D eigenvalue weighted by atomic mass is 10.1. The Morgan fingerprint density at radius 2 is 2.18 bits per heavy atom. The summed E-state index contributed by atoms with van der Waals surface area (Å²) in [7, 11) is 1.64. The third kappa shape index (κ3) is 4.45. The van der Waals surface area contributed by atoms with Crippen molar-refractivity contribution in [3.8, 4) is 0 Å². The molecule has 0 aromatic heterocycles. The molecular formula is C12H22ClNO3. The summed E-state index contributed by atoms with van der Waals surface area (Å²) in [6.45, 7) is 4.54. The van der Waals surface area contributed by atoms with E-state index >= 15 is 0 Å². The largest absolute Gasteiger partial charge is 0.383 e. The van der Waals surface area contributed by atoms with Gasteiger partial charge in [-0.25, -0.2) is 0 Å². The van der Waals surface area contributed by atoms with Crippen LogP contribution in [0.4, 0.5) is 0 Å². The molecule has 17 heavy (non-hydrogen) atoms. The molecule has 0 radical (unpaired) electrons. The first-order valence-corrected chi connectivity index (χ1v) is 6.65. The molecule has 0 bridgehead atoms. The monoisotopic (exact) mass is 263 g/mol. The Morgan fingerprint density at radius 1 is 1.53 bits per heavy atom. The molecule has 1 amide bonds. The summed E-state index contributed by atoms with van der Waals surface area (Å²) in [5.74, 6) is 0.0260. The van der Waals surface area contributed by atoms with E-state index in [1.165, 1.54) is 0 Å². The topological polar surface area (TPSA) is 38.8 Å². The molecular weight excluding hydrogens is 242 g/mol. The smallest absolute Gasteiger partial charge is 0.240 e. The Kier molecular flexibility index (Phi) is 6.85. The van der Waals surface area contributed by atoms with Crippen molar-refractivity contribution in [2.24, 2.45) is 0 Å². The zero-order valence-corrected chi connectivity index (χ0v) is 11.4. The molecule has 0 saturated carbocycles. The van der Waals surface area contributed by atoms with E-state index in [-0.39, 0.29) is 11.9 Å². The van der Waals surface area contributed by atoms with Gasteiger partial charge < -0.3 is 14.4 Å². The van der Waals surface area contributed by atoms with Crippen LogP contribution >= 0.6 is 11.6 Å². The molecule has 5 heteroatoms. The fourth-order valence-electron chi connectivity index (χ4n) is 2.01. The normalized spacial score (nSPS) is 19.0. The van der Waals surface area contributed by atoms with Crippen molar-refractivity contribution in [3.05, 3.63) is 0 Å². The number of halogens is 1. The van der Waals surface area contributed by atoms with Gasteiger partial charge in [-0.05, 0) is 19.3 Å². The Labute approximate surface area is 108 Å². The fraction of sp³-hybridized carbons (Fsp3) is 0.917. The van der Waals surface area contributed by atoms with Crippen LogP contribution in [0.25, 0.3) is 0 Å². The van der Waals surface area contributed by atoms with Gasteiger partial charge in [0.1, 0.15) is 5.38 Å². The summed E-state index contributed by atoms with van der Waals surface area (Å²) in [5, 5.41) is -0.422. The number of methoxy groups -OCH3 is 1. The van der Waals surface area contributed by atoms with Gasteiger partial charge in [0.2, 0.25) is 5.91 Å². The highest BCUT2D eigenvalue weighted by molar-refractivity contribution is 6.30. The fourth-order valence-corrected chi connectivity index (χ4v) is 2.14. The third-order valence-corrected chi connectivity index (χ3v) is 3.57. The summed E-state index contributed by atoms with van der Waals surface area (Å²) >= 11 is 6.05. The maximum absolute atomic E-state index is 12.2. The van der Waals surface area contributed by atoms with Crippen LogP contribution in [-0.4, -0.2) is 55.7 Å². The van der Waals surface area contributed by atoms with Crippen LogP contribution < -0.4 is 0 Å². The number of nitrogens with zero attached hydrogens (tertiary/aromatic N) is 1. The van der Waals surface area contributed by atoms with Crippen LogP contribution in [0, 0.1) is 0 Å². The molecule has 1 aliphatic rings. The number of rotatable bonds is 6. The maximum atomic E-state index is 12.2. The second kappa shape index (κ2) is 7.90. The highest BCUT2D eigenvalue weighted by atomic mass is 35.5. The molecule has 4 nitrogen and oxygen atoms in total. The molecule has 100 valence electrons. The summed E-state index contributed by atoms with van der Waals surface area (Å²) in [4.78, 5) is 14.0. The molecule has 1 saturated heterocycles. The molecule has 0 aromatic rings. The van der Waals surface area contributed by atoms with Crippen molar-refractivity contribution >= 4 is 17.5 Å². The summed E-state index contributed by atoms with van der Waals surface area (Å²) in [6, 6.07) is 0.249. The first-order valence-electron chi connectivity index (χ1n) is 6.22. The van der Waals surface area contributed by atoms with Crippen LogP contribution in [0.5, 0.6) is 0 Å². The summed E-state index contributed by atoms with van der Waals surface area (Å²) in [6.07, 6.45) is 2.44. The van der Waals surface area contributed by atoms with Gasteiger partial charge in [0, 0.05) is 32.9 Å². The number of hydrogen-bond donors (Lipinski definition) is 0. The zero-order valence-electron chi connectivity index (χ0n) is 10.7. The van der Waals surface area contributed by atoms with Crippen LogP contribution in [0.15, 0.2) is 0 Å². The SMILES string of the molecule is CCC(Cl)C(=O)N(CCOC)C1CCOCC1. The van der Waals surface area contributed by atoms with Crippen LogP contribution in [0.3, 0.4) is 0 Å². The van der Waals surface area contributed by atoms with Gasteiger partial charge in [-0.1, -0.05) is 6.92 Å². The molecule has 1 aliphatic heterocycles. The van der Waals surface area contributed by atoms with Crippen molar-refractivity contribution in [3.63, 3.8) is 0 Å². The summed E-state index contributed by atoms with van der Waals surface area (Å²) in [5.41, 5.74) is 0. The summed E-state index contributed by atoms with van der Waals surface area (Å²) < 4.78 is 10.4. The molecule has 1 fully saturated rings. The lowest BCUT2D eigenvalue weighted by molar-refractivity contribution is -0.135. The lowest BCUT2D eigenvalue weighted by Crippen LogP contribution is -2.47. The van der Waals surface area contributed by atoms with Crippen molar-refractivity contribution in [1.29, 1.82) is 0 Å². The quantitative estimate of drug-likeness (QED) is 0.684. The van der Waals surface area contributed by atoms with E-state index < -0.39 is 5.38 Å².